The van der Waals surface area contributed by atoms with Crippen molar-refractivity contribution >= 4 is 17.0 Å². The van der Waals surface area contributed by atoms with Crippen LogP contribution in [0.1, 0.15) is 44.1 Å². The van der Waals surface area contributed by atoms with Gasteiger partial charge in [0.25, 0.3) is 0 Å². The highest BCUT2D eigenvalue weighted by Gasteiger charge is 2.34. The van der Waals surface area contributed by atoms with Crippen LogP contribution in [0.25, 0.3) is 11.0 Å². The third kappa shape index (κ3) is 3.16. The van der Waals surface area contributed by atoms with Gasteiger partial charge >= 0.3 is 0 Å². The Bertz CT molecular complexity index is 956. The number of hydrogen-bond acceptors (Lipinski definition) is 6. The molecular formula is C20H24N6O. The summed E-state index contributed by atoms with van der Waals surface area (Å²) in [6.45, 7) is 6.09. The maximum atomic E-state index is 5.92. The Labute approximate surface area is 158 Å². The molecule has 140 valence electrons. The Morgan fingerprint density at radius 2 is 1.93 bits per heavy atom. The van der Waals surface area contributed by atoms with Gasteiger partial charge in [0.2, 0.25) is 5.95 Å². The number of pyridine rings is 1. The highest BCUT2D eigenvalue weighted by molar-refractivity contribution is 5.74. The van der Waals surface area contributed by atoms with Crippen molar-refractivity contribution in [2.45, 2.75) is 51.4 Å². The van der Waals surface area contributed by atoms with E-state index in [0.717, 1.165) is 54.3 Å². The highest BCUT2D eigenvalue weighted by Crippen LogP contribution is 2.28. The number of fused-ring (bicyclic) bond motifs is 3. The average molecular weight is 364 g/mol. The monoisotopic (exact) mass is 364 g/mol. The number of aromatic nitrogens is 5. The zero-order chi connectivity index (χ0) is 18.4. The Hall–Kier alpha value is -2.54. The molecule has 2 bridgehead atoms. The average Bonchev–Trinajstić information content (AvgIpc) is 3.24. The Balaban J connectivity index is 1.39. The Morgan fingerprint density at radius 3 is 2.70 bits per heavy atom. The summed E-state index contributed by atoms with van der Waals surface area (Å²) in [6, 6.07) is 4.47. The summed E-state index contributed by atoms with van der Waals surface area (Å²) in [5.41, 5.74) is 4.03. The molecule has 5 heterocycles. The predicted octanol–water partition coefficient (Wildman–Crippen LogP) is 2.76. The smallest absolute Gasteiger partial charge is 0.225 e. The summed E-state index contributed by atoms with van der Waals surface area (Å²) in [7, 11) is 0. The van der Waals surface area contributed by atoms with Crippen molar-refractivity contribution in [2.24, 2.45) is 0 Å². The van der Waals surface area contributed by atoms with Gasteiger partial charge in [0.15, 0.2) is 0 Å². The van der Waals surface area contributed by atoms with Gasteiger partial charge in [-0.3, -0.25) is 4.98 Å². The molecule has 5 rings (SSSR count). The largest absolute Gasteiger partial charge is 0.371 e. The van der Waals surface area contributed by atoms with E-state index in [4.69, 9.17) is 9.72 Å². The van der Waals surface area contributed by atoms with Crippen LogP contribution in [0.2, 0.25) is 0 Å². The number of imidazole rings is 1. The van der Waals surface area contributed by atoms with Crippen molar-refractivity contribution in [3.63, 3.8) is 0 Å². The van der Waals surface area contributed by atoms with Crippen molar-refractivity contribution in [2.75, 3.05) is 18.0 Å². The summed E-state index contributed by atoms with van der Waals surface area (Å²) in [5.74, 6) is 0.806. The molecule has 2 aliphatic heterocycles. The second kappa shape index (κ2) is 6.56. The molecule has 3 aromatic heterocycles. The van der Waals surface area contributed by atoms with E-state index in [2.05, 4.69) is 44.3 Å². The fraction of sp³-hybridized carbons (Fsp3) is 0.500. The van der Waals surface area contributed by atoms with Crippen LogP contribution >= 0.6 is 0 Å². The van der Waals surface area contributed by atoms with E-state index < -0.39 is 0 Å². The van der Waals surface area contributed by atoms with Crippen LogP contribution in [0.3, 0.4) is 0 Å². The van der Waals surface area contributed by atoms with E-state index >= 15 is 0 Å². The third-order valence-corrected chi connectivity index (χ3v) is 5.46. The minimum absolute atomic E-state index is 0.330. The van der Waals surface area contributed by atoms with Crippen LogP contribution in [0.15, 0.2) is 30.9 Å². The maximum Gasteiger partial charge on any atom is 0.225 e. The topological polar surface area (TPSA) is 69.0 Å². The highest BCUT2D eigenvalue weighted by atomic mass is 16.5. The van der Waals surface area contributed by atoms with E-state index in [1.165, 1.54) is 0 Å². The van der Waals surface area contributed by atoms with Gasteiger partial charge in [-0.1, -0.05) is 0 Å². The fourth-order valence-corrected chi connectivity index (χ4v) is 4.08. The Kier molecular flexibility index (Phi) is 4.04. The third-order valence-electron chi connectivity index (χ3n) is 5.46. The standard InChI is InChI=1S/C20H24N6O/c1-13(2)26-12-23-18-9-22-15(8-19(18)26)7-14-5-6-21-20(24-14)25-10-16-3-4-17(11-25)27-16/h5-6,8-9,12-13,16-17H,3-4,7,10-11H2,1-2H3. The lowest BCUT2D eigenvalue weighted by Gasteiger charge is -2.32. The molecule has 2 unspecified atom stereocenters. The number of anilines is 1. The number of ether oxygens (including phenoxy) is 1. The van der Waals surface area contributed by atoms with Crippen molar-refractivity contribution in [1.29, 1.82) is 0 Å². The first-order valence-electron chi connectivity index (χ1n) is 9.69. The van der Waals surface area contributed by atoms with Crippen LogP contribution in [-0.2, 0) is 11.2 Å². The first-order chi connectivity index (χ1) is 13.2. The van der Waals surface area contributed by atoms with Crippen molar-refractivity contribution in [3.8, 4) is 0 Å². The number of nitrogens with zero attached hydrogens (tertiary/aromatic N) is 6. The SMILES string of the molecule is CC(C)n1cnc2cnc(Cc3ccnc(N4CC5CCC(C4)O5)n3)cc21. The lowest BCUT2D eigenvalue weighted by molar-refractivity contribution is 0.0299. The van der Waals surface area contributed by atoms with Crippen LogP contribution in [0.5, 0.6) is 0 Å². The zero-order valence-electron chi connectivity index (χ0n) is 15.7. The van der Waals surface area contributed by atoms with E-state index in [0.29, 0.717) is 24.7 Å². The molecule has 0 aromatic carbocycles. The lowest BCUT2D eigenvalue weighted by atomic mass is 10.2. The van der Waals surface area contributed by atoms with Crippen molar-refractivity contribution < 1.29 is 4.74 Å². The van der Waals surface area contributed by atoms with Crippen LogP contribution < -0.4 is 4.90 Å². The molecule has 0 spiro atoms. The summed E-state index contributed by atoms with van der Waals surface area (Å²) < 4.78 is 8.10. The minimum atomic E-state index is 0.330. The van der Waals surface area contributed by atoms with Crippen LogP contribution in [-0.4, -0.2) is 49.8 Å². The normalized spacial score (nSPS) is 22.1. The zero-order valence-corrected chi connectivity index (χ0v) is 15.7. The number of morpholine rings is 1. The second-order valence-corrected chi connectivity index (χ2v) is 7.80. The predicted molar refractivity (Wildman–Crippen MR) is 103 cm³/mol. The van der Waals surface area contributed by atoms with Crippen molar-refractivity contribution in [3.05, 3.63) is 42.2 Å². The van der Waals surface area contributed by atoms with Crippen molar-refractivity contribution in [1.82, 2.24) is 24.5 Å². The molecular weight excluding hydrogens is 340 g/mol. The molecule has 27 heavy (non-hydrogen) atoms. The molecule has 2 saturated heterocycles. The van der Waals surface area contributed by atoms with E-state index in [-0.39, 0.29) is 0 Å². The maximum absolute atomic E-state index is 5.92. The van der Waals surface area contributed by atoms with Gasteiger partial charge in [0.1, 0.15) is 5.52 Å². The van der Waals surface area contributed by atoms with E-state index in [1.807, 2.05) is 24.8 Å². The van der Waals surface area contributed by atoms with E-state index in [1.54, 1.807) is 0 Å². The first-order valence-corrected chi connectivity index (χ1v) is 9.69. The molecule has 0 amide bonds. The summed E-state index contributed by atoms with van der Waals surface area (Å²) >= 11 is 0. The van der Waals surface area contributed by atoms with Gasteiger partial charge in [-0.15, -0.1) is 0 Å². The van der Waals surface area contributed by atoms with Gasteiger partial charge in [0, 0.05) is 37.4 Å². The van der Waals surface area contributed by atoms with Gasteiger partial charge in [0.05, 0.1) is 35.9 Å². The molecule has 7 heteroatoms. The second-order valence-electron chi connectivity index (χ2n) is 7.80. The fourth-order valence-electron chi connectivity index (χ4n) is 4.08. The molecule has 3 aromatic rings. The molecule has 2 fully saturated rings. The van der Waals surface area contributed by atoms with Gasteiger partial charge in [-0.05, 0) is 38.8 Å². The summed E-state index contributed by atoms with van der Waals surface area (Å²) in [5, 5.41) is 0. The Morgan fingerprint density at radius 1 is 1.11 bits per heavy atom. The minimum Gasteiger partial charge on any atom is -0.371 e. The van der Waals surface area contributed by atoms with Gasteiger partial charge < -0.3 is 14.2 Å². The molecule has 7 nitrogen and oxygen atoms in total. The molecule has 0 saturated carbocycles. The first kappa shape index (κ1) is 16.6. The van der Waals surface area contributed by atoms with Gasteiger partial charge in [-0.25, -0.2) is 15.0 Å². The lowest BCUT2D eigenvalue weighted by Crippen LogP contribution is -2.43. The summed E-state index contributed by atoms with van der Waals surface area (Å²) in [4.78, 5) is 20.6. The van der Waals surface area contributed by atoms with Crippen LogP contribution in [0.4, 0.5) is 5.95 Å². The number of rotatable bonds is 4. The van der Waals surface area contributed by atoms with E-state index in [9.17, 15) is 0 Å². The van der Waals surface area contributed by atoms with Crippen LogP contribution in [0, 0.1) is 0 Å². The molecule has 0 aliphatic carbocycles. The van der Waals surface area contributed by atoms with Gasteiger partial charge in [-0.2, -0.15) is 0 Å². The quantitative estimate of drug-likeness (QED) is 0.709. The molecule has 2 atom stereocenters. The molecule has 0 radical (unpaired) electrons. The summed E-state index contributed by atoms with van der Waals surface area (Å²) in [6.07, 6.45) is 9.23. The molecule has 0 N–H and O–H groups in total. The molecule has 2 aliphatic rings. The number of hydrogen-bond donors (Lipinski definition) is 0.